The van der Waals surface area contributed by atoms with Gasteiger partial charge in [-0.3, -0.25) is 15.6 Å². The Morgan fingerprint density at radius 1 is 1.07 bits per heavy atom. The number of carbonyl (C=O) groups is 2. The lowest BCUT2D eigenvalue weighted by atomic mass is 10.00. The number of aryl methyl sites for hydroxylation is 1. The molecule has 2 aromatic rings. The molecule has 0 radical (unpaired) electrons. The lowest BCUT2D eigenvalue weighted by Crippen LogP contribution is -2.32. The van der Waals surface area contributed by atoms with Gasteiger partial charge in [0, 0.05) is 32.1 Å². The van der Waals surface area contributed by atoms with Crippen molar-refractivity contribution in [2.24, 2.45) is 0 Å². The van der Waals surface area contributed by atoms with E-state index in [1.54, 1.807) is 29.2 Å². The Morgan fingerprint density at radius 2 is 1.79 bits per heavy atom. The quantitative estimate of drug-likeness (QED) is 0.608. The first-order valence-corrected chi connectivity index (χ1v) is 10.1. The molecule has 1 fully saturated rings. The molecule has 1 heterocycles. The topological polar surface area (TPSA) is 81.7 Å². The highest BCUT2D eigenvalue weighted by molar-refractivity contribution is 5.87. The van der Waals surface area contributed by atoms with E-state index in [4.69, 9.17) is 5.11 Å². The van der Waals surface area contributed by atoms with Gasteiger partial charge in [-0.15, -0.1) is 0 Å². The molecule has 0 bridgehead atoms. The van der Waals surface area contributed by atoms with Crippen LogP contribution in [0.4, 0.5) is 0 Å². The number of aromatic carboxylic acids is 1. The number of benzene rings is 2. The van der Waals surface area contributed by atoms with Crippen LogP contribution in [-0.4, -0.2) is 41.5 Å². The van der Waals surface area contributed by atoms with Gasteiger partial charge < -0.3 is 10.0 Å². The molecule has 0 aromatic heterocycles. The minimum atomic E-state index is -0.936. The maximum Gasteiger partial charge on any atom is 0.335 e. The van der Waals surface area contributed by atoms with Crippen molar-refractivity contribution < 1.29 is 14.7 Å². The van der Waals surface area contributed by atoms with E-state index in [2.05, 4.69) is 35.1 Å². The molecule has 0 aliphatic carbocycles. The number of carbonyl (C=O) groups excluding carboxylic acids is 1. The smallest absolute Gasteiger partial charge is 0.335 e. The summed E-state index contributed by atoms with van der Waals surface area (Å²) in [5.41, 5.74) is 9.28. The minimum Gasteiger partial charge on any atom is -0.478 e. The summed E-state index contributed by atoms with van der Waals surface area (Å²) in [6.45, 7) is 0.741. The number of amides is 1. The van der Waals surface area contributed by atoms with Crippen LogP contribution in [0, 0.1) is 0 Å². The number of nitrogens with zero attached hydrogens (tertiary/aromatic N) is 1. The van der Waals surface area contributed by atoms with Gasteiger partial charge in [-0.1, -0.05) is 42.5 Å². The van der Waals surface area contributed by atoms with Gasteiger partial charge in [-0.2, -0.15) is 0 Å². The maximum atomic E-state index is 12.4. The van der Waals surface area contributed by atoms with Crippen molar-refractivity contribution in [1.29, 1.82) is 0 Å². The third-order valence-electron chi connectivity index (χ3n) is 5.48. The Bertz CT molecular complexity index is 808. The largest absolute Gasteiger partial charge is 0.478 e. The van der Waals surface area contributed by atoms with E-state index in [1.807, 2.05) is 13.1 Å². The monoisotopic (exact) mass is 395 g/mol. The minimum absolute atomic E-state index is 0.118. The molecule has 154 valence electrons. The van der Waals surface area contributed by atoms with Crippen molar-refractivity contribution in [3.8, 4) is 0 Å². The van der Waals surface area contributed by atoms with Gasteiger partial charge in [0.05, 0.1) is 5.56 Å². The molecule has 2 aromatic carbocycles. The Labute approximate surface area is 171 Å². The number of hydrazine groups is 1. The highest BCUT2D eigenvalue weighted by Gasteiger charge is 2.24. The fourth-order valence-electron chi connectivity index (χ4n) is 3.67. The zero-order valence-corrected chi connectivity index (χ0v) is 16.8. The van der Waals surface area contributed by atoms with Gasteiger partial charge in [-0.05, 0) is 48.9 Å². The van der Waals surface area contributed by atoms with Crippen molar-refractivity contribution in [2.45, 2.75) is 44.2 Å². The predicted molar refractivity (Wildman–Crippen MR) is 112 cm³/mol. The Kier molecular flexibility index (Phi) is 7.38. The van der Waals surface area contributed by atoms with Crippen LogP contribution in [0.1, 0.15) is 53.2 Å². The molecular formula is C23H29N3O3. The lowest BCUT2D eigenvalue weighted by Gasteiger charge is -2.18. The predicted octanol–water partition coefficient (Wildman–Crippen LogP) is 3.16. The third kappa shape index (κ3) is 6.14. The van der Waals surface area contributed by atoms with Gasteiger partial charge in [0.1, 0.15) is 0 Å². The molecule has 29 heavy (non-hydrogen) atoms. The molecule has 0 spiro atoms. The Morgan fingerprint density at radius 3 is 2.48 bits per heavy atom. The van der Waals surface area contributed by atoms with Crippen LogP contribution in [0.5, 0.6) is 0 Å². The number of nitrogens with one attached hydrogen (secondary N) is 2. The molecule has 1 aliphatic rings. The van der Waals surface area contributed by atoms with Gasteiger partial charge in [0.15, 0.2) is 0 Å². The summed E-state index contributed by atoms with van der Waals surface area (Å²) in [5.74, 6) is -0.818. The second kappa shape index (κ2) is 10.2. The van der Waals surface area contributed by atoms with E-state index < -0.39 is 5.97 Å². The lowest BCUT2D eigenvalue weighted by molar-refractivity contribution is -0.129. The van der Waals surface area contributed by atoms with Gasteiger partial charge in [0.2, 0.25) is 5.91 Å². The molecular weight excluding hydrogens is 366 g/mol. The summed E-state index contributed by atoms with van der Waals surface area (Å²) in [4.78, 5) is 25.0. The molecule has 1 aliphatic heterocycles. The second-order valence-corrected chi connectivity index (χ2v) is 7.64. The third-order valence-corrected chi connectivity index (χ3v) is 5.48. The van der Waals surface area contributed by atoms with Gasteiger partial charge in [0.25, 0.3) is 0 Å². The zero-order valence-electron chi connectivity index (χ0n) is 16.8. The van der Waals surface area contributed by atoms with E-state index in [9.17, 15) is 9.59 Å². The van der Waals surface area contributed by atoms with Crippen molar-refractivity contribution in [3.63, 3.8) is 0 Å². The van der Waals surface area contributed by atoms with Crippen molar-refractivity contribution in [1.82, 2.24) is 15.8 Å². The van der Waals surface area contributed by atoms with Crippen LogP contribution in [0.2, 0.25) is 0 Å². The summed E-state index contributed by atoms with van der Waals surface area (Å²) in [5, 5.41) is 8.93. The first kappa shape index (κ1) is 21.0. The molecule has 1 saturated heterocycles. The fourth-order valence-corrected chi connectivity index (χ4v) is 3.67. The van der Waals surface area contributed by atoms with E-state index in [0.717, 1.165) is 31.4 Å². The van der Waals surface area contributed by atoms with Crippen LogP contribution >= 0.6 is 0 Å². The van der Waals surface area contributed by atoms with E-state index in [-0.39, 0.29) is 11.5 Å². The number of hydrogen-bond donors (Lipinski definition) is 3. The standard InChI is InChI=1S/C23H29N3O3/c1-26(22(27)14-11-17-9-12-19(13-10-17)23(28)29)15-5-8-20-16-21(25-24-20)18-6-3-2-4-7-18/h2-4,6-7,9-10,12-13,20-21,24-25H,5,8,11,14-16H2,1H3,(H,28,29). The summed E-state index contributed by atoms with van der Waals surface area (Å²) in [7, 11) is 1.85. The molecule has 1 amide bonds. The average molecular weight is 396 g/mol. The summed E-state index contributed by atoms with van der Waals surface area (Å²) < 4.78 is 0. The van der Waals surface area contributed by atoms with Crippen LogP contribution in [0.15, 0.2) is 54.6 Å². The average Bonchev–Trinajstić information content (AvgIpc) is 3.21. The first-order valence-electron chi connectivity index (χ1n) is 10.1. The second-order valence-electron chi connectivity index (χ2n) is 7.64. The van der Waals surface area contributed by atoms with Crippen LogP contribution < -0.4 is 10.9 Å². The van der Waals surface area contributed by atoms with E-state index in [0.29, 0.717) is 24.9 Å². The highest BCUT2D eigenvalue weighted by Crippen LogP contribution is 2.23. The fraction of sp³-hybridized carbons (Fsp3) is 0.391. The molecule has 6 heteroatoms. The SMILES string of the molecule is CN(CCCC1CC(c2ccccc2)NN1)C(=O)CCc1ccc(C(=O)O)cc1. The maximum absolute atomic E-state index is 12.4. The number of carboxylic acids is 1. The zero-order chi connectivity index (χ0) is 20.6. The molecule has 2 atom stereocenters. The van der Waals surface area contributed by atoms with Crippen LogP contribution in [0.25, 0.3) is 0 Å². The van der Waals surface area contributed by atoms with E-state index in [1.165, 1.54) is 5.56 Å². The first-order chi connectivity index (χ1) is 14.0. The molecule has 6 nitrogen and oxygen atoms in total. The van der Waals surface area contributed by atoms with Crippen molar-refractivity contribution in [2.75, 3.05) is 13.6 Å². The van der Waals surface area contributed by atoms with Crippen molar-refractivity contribution in [3.05, 3.63) is 71.3 Å². The Balaban J connectivity index is 1.34. The normalized spacial score (nSPS) is 18.5. The number of carboxylic acid groups (broad SMARTS) is 1. The summed E-state index contributed by atoms with van der Waals surface area (Å²) in [6.07, 6.45) is 4.08. The van der Waals surface area contributed by atoms with Crippen LogP contribution in [-0.2, 0) is 11.2 Å². The Hall–Kier alpha value is -2.70. The molecule has 2 unspecified atom stereocenters. The molecule has 3 rings (SSSR count). The van der Waals surface area contributed by atoms with Gasteiger partial charge >= 0.3 is 5.97 Å². The van der Waals surface area contributed by atoms with E-state index >= 15 is 0 Å². The molecule has 3 N–H and O–H groups in total. The summed E-state index contributed by atoms with van der Waals surface area (Å²) in [6, 6.07) is 17.9. The van der Waals surface area contributed by atoms with Crippen molar-refractivity contribution >= 4 is 11.9 Å². The van der Waals surface area contributed by atoms with Gasteiger partial charge in [-0.25, -0.2) is 4.79 Å². The van der Waals surface area contributed by atoms with Crippen LogP contribution in [0.3, 0.4) is 0 Å². The number of rotatable bonds is 9. The summed E-state index contributed by atoms with van der Waals surface area (Å²) >= 11 is 0. The molecule has 0 saturated carbocycles. The highest BCUT2D eigenvalue weighted by atomic mass is 16.4. The number of hydrogen-bond acceptors (Lipinski definition) is 4.